The van der Waals surface area contributed by atoms with E-state index >= 15 is 0 Å². The van der Waals surface area contributed by atoms with Gasteiger partial charge in [0.05, 0.1) is 17.7 Å². The molecule has 1 aromatic heterocycles. The molecule has 0 bridgehead atoms. The lowest BCUT2D eigenvalue weighted by atomic mass is 10.0. The number of fused-ring (bicyclic) bond motifs is 1. The van der Waals surface area contributed by atoms with Gasteiger partial charge < -0.3 is 33.9 Å². The quantitative estimate of drug-likeness (QED) is 0.660. The number of anilines is 1. The van der Waals surface area contributed by atoms with Crippen LogP contribution in [-0.2, 0) is 14.3 Å². The van der Waals surface area contributed by atoms with Crippen LogP contribution in [0.25, 0.3) is 0 Å². The second-order valence-electron chi connectivity index (χ2n) is 9.06. The first-order valence-corrected chi connectivity index (χ1v) is 11.7. The van der Waals surface area contributed by atoms with Crippen molar-refractivity contribution in [3.8, 4) is 5.75 Å². The van der Waals surface area contributed by atoms with Crippen molar-refractivity contribution in [2.24, 2.45) is 5.92 Å². The van der Waals surface area contributed by atoms with E-state index in [0.717, 1.165) is 0 Å². The number of benzene rings is 1. The lowest BCUT2D eigenvalue weighted by Gasteiger charge is -2.36. The maximum atomic E-state index is 13.4. The van der Waals surface area contributed by atoms with Crippen molar-refractivity contribution >= 4 is 23.4 Å². The molecule has 36 heavy (non-hydrogen) atoms. The number of methoxy groups -OCH3 is 2. The summed E-state index contributed by atoms with van der Waals surface area (Å²) in [6, 6.07) is 6.06. The minimum Gasteiger partial charge on any atom is -0.491 e. The number of ether oxygens (including phenoxy) is 3. The van der Waals surface area contributed by atoms with E-state index in [9.17, 15) is 14.4 Å². The van der Waals surface area contributed by atoms with E-state index in [1.165, 1.54) is 13.2 Å². The van der Waals surface area contributed by atoms with Crippen LogP contribution in [0, 0.1) is 12.8 Å². The molecule has 11 nitrogen and oxygen atoms in total. The zero-order valence-electron chi connectivity index (χ0n) is 21.6. The Labute approximate surface area is 210 Å². The van der Waals surface area contributed by atoms with Gasteiger partial charge >= 0.3 is 0 Å². The molecule has 0 fully saturated rings. The van der Waals surface area contributed by atoms with E-state index in [2.05, 4.69) is 10.5 Å². The van der Waals surface area contributed by atoms with Gasteiger partial charge in [-0.25, -0.2) is 0 Å². The van der Waals surface area contributed by atoms with Crippen molar-refractivity contribution in [1.29, 1.82) is 0 Å². The average molecular weight is 503 g/mol. The number of aryl methyl sites for hydroxylation is 1. The molecular weight excluding hydrogens is 468 g/mol. The molecule has 1 aromatic carbocycles. The second-order valence-corrected chi connectivity index (χ2v) is 9.06. The highest BCUT2D eigenvalue weighted by atomic mass is 16.5. The maximum absolute atomic E-state index is 13.4. The van der Waals surface area contributed by atoms with E-state index < -0.39 is 5.91 Å². The van der Waals surface area contributed by atoms with Gasteiger partial charge in [-0.3, -0.25) is 14.4 Å². The Morgan fingerprint density at radius 2 is 1.94 bits per heavy atom. The van der Waals surface area contributed by atoms with Gasteiger partial charge in [0.2, 0.25) is 5.91 Å². The number of carbonyl (C=O) groups excluding carboxylic acids is 3. The normalized spacial score (nSPS) is 21.2. The van der Waals surface area contributed by atoms with E-state index in [-0.39, 0.29) is 54.3 Å². The Morgan fingerprint density at radius 1 is 1.19 bits per heavy atom. The van der Waals surface area contributed by atoms with Crippen LogP contribution in [0.4, 0.5) is 5.69 Å². The van der Waals surface area contributed by atoms with E-state index in [1.54, 1.807) is 49.1 Å². The molecule has 196 valence electrons. The number of aromatic nitrogens is 1. The molecule has 11 heteroatoms. The standard InChI is InChI=1S/C25H34N4O7/c1-15-11-29(23(30)14-33-5)16(2)13-35-21-8-7-18(26-24(31)20-9-17(3)36-27-20)10-19(21)25(32)28(4)12-22(15)34-6/h7-10,15-16,22H,11-14H2,1-6H3,(H,26,31)/t15-,16+,22-/m0/s1. The molecule has 0 aliphatic carbocycles. The Kier molecular flexibility index (Phi) is 9.05. The molecule has 0 saturated heterocycles. The fourth-order valence-corrected chi connectivity index (χ4v) is 4.08. The minimum atomic E-state index is -0.462. The van der Waals surface area contributed by atoms with Gasteiger partial charge in [-0.2, -0.15) is 0 Å². The summed E-state index contributed by atoms with van der Waals surface area (Å²) < 4.78 is 21.8. The van der Waals surface area contributed by atoms with Crippen LogP contribution < -0.4 is 10.1 Å². The van der Waals surface area contributed by atoms with Crippen LogP contribution in [0.5, 0.6) is 5.75 Å². The van der Waals surface area contributed by atoms with Gasteiger partial charge in [0, 0.05) is 52.0 Å². The first-order chi connectivity index (χ1) is 17.1. The Balaban J connectivity index is 1.93. The third-order valence-corrected chi connectivity index (χ3v) is 6.15. The first-order valence-electron chi connectivity index (χ1n) is 11.7. The van der Waals surface area contributed by atoms with Gasteiger partial charge in [0.15, 0.2) is 5.69 Å². The molecule has 2 aromatic rings. The summed E-state index contributed by atoms with van der Waals surface area (Å²) in [5, 5.41) is 6.46. The molecule has 3 amide bonds. The van der Waals surface area contributed by atoms with Gasteiger partial charge in [0.25, 0.3) is 11.8 Å². The molecule has 1 aliphatic heterocycles. The van der Waals surface area contributed by atoms with Gasteiger partial charge in [-0.1, -0.05) is 12.1 Å². The molecule has 1 N–H and O–H groups in total. The summed E-state index contributed by atoms with van der Waals surface area (Å²) >= 11 is 0. The number of amides is 3. The van der Waals surface area contributed by atoms with Gasteiger partial charge in [-0.15, -0.1) is 0 Å². The molecule has 3 atom stereocenters. The zero-order chi connectivity index (χ0) is 26.4. The fourth-order valence-electron chi connectivity index (χ4n) is 4.08. The van der Waals surface area contributed by atoms with Crippen LogP contribution in [0.3, 0.4) is 0 Å². The molecule has 0 radical (unpaired) electrons. The smallest absolute Gasteiger partial charge is 0.277 e. The third kappa shape index (κ3) is 6.41. The van der Waals surface area contributed by atoms with Crippen LogP contribution in [-0.4, -0.2) is 92.4 Å². The summed E-state index contributed by atoms with van der Waals surface area (Å²) in [7, 11) is 4.75. The number of likely N-dealkylation sites (N-methyl/N-ethyl adjacent to an activating group) is 1. The van der Waals surface area contributed by atoms with Crippen molar-refractivity contribution in [1.82, 2.24) is 15.0 Å². The first kappa shape index (κ1) is 27.2. The molecule has 2 heterocycles. The number of hydrogen-bond acceptors (Lipinski definition) is 8. The number of nitrogens with one attached hydrogen (secondary N) is 1. The lowest BCUT2D eigenvalue weighted by molar-refractivity contribution is -0.139. The van der Waals surface area contributed by atoms with Gasteiger partial charge in [0.1, 0.15) is 24.7 Å². The number of rotatable bonds is 5. The van der Waals surface area contributed by atoms with Gasteiger partial charge in [-0.05, 0) is 32.0 Å². The van der Waals surface area contributed by atoms with Crippen molar-refractivity contribution in [3.05, 3.63) is 41.3 Å². The second kappa shape index (κ2) is 12.0. The van der Waals surface area contributed by atoms with Crippen LogP contribution in [0.2, 0.25) is 0 Å². The van der Waals surface area contributed by atoms with Crippen LogP contribution >= 0.6 is 0 Å². The highest BCUT2D eigenvalue weighted by Gasteiger charge is 2.30. The Hall–Kier alpha value is -3.44. The predicted molar refractivity (Wildman–Crippen MR) is 131 cm³/mol. The summed E-state index contributed by atoms with van der Waals surface area (Å²) in [6.45, 7) is 6.39. The summed E-state index contributed by atoms with van der Waals surface area (Å²) in [4.78, 5) is 42.0. The van der Waals surface area contributed by atoms with E-state index in [4.69, 9.17) is 18.7 Å². The zero-order valence-corrected chi connectivity index (χ0v) is 21.6. The van der Waals surface area contributed by atoms with Crippen LogP contribution in [0.15, 0.2) is 28.8 Å². The monoisotopic (exact) mass is 502 g/mol. The SMILES string of the molecule is COCC(=O)N1C[C@H](C)[C@@H](OC)CN(C)C(=O)c2cc(NC(=O)c3cc(C)on3)ccc2OC[C@H]1C. The number of nitrogens with zero attached hydrogens (tertiary/aromatic N) is 3. The molecule has 0 unspecified atom stereocenters. The summed E-state index contributed by atoms with van der Waals surface area (Å²) in [5.74, 6) is -0.112. The molecule has 1 aliphatic rings. The average Bonchev–Trinajstić information content (AvgIpc) is 3.29. The van der Waals surface area contributed by atoms with Crippen molar-refractivity contribution in [2.75, 3.05) is 52.9 Å². The lowest BCUT2D eigenvalue weighted by Crippen LogP contribution is -2.49. The molecule has 0 saturated carbocycles. The van der Waals surface area contributed by atoms with Crippen molar-refractivity contribution < 1.29 is 33.1 Å². The molecular formula is C25H34N4O7. The largest absolute Gasteiger partial charge is 0.491 e. The topological polar surface area (TPSA) is 123 Å². The van der Waals surface area contributed by atoms with Crippen LogP contribution in [0.1, 0.15) is 40.5 Å². The fraction of sp³-hybridized carbons (Fsp3) is 0.520. The number of carbonyl (C=O) groups is 3. The number of hydrogen-bond donors (Lipinski definition) is 1. The Morgan fingerprint density at radius 3 is 2.58 bits per heavy atom. The van der Waals surface area contributed by atoms with E-state index in [1.807, 2.05) is 13.8 Å². The molecule has 3 rings (SSSR count). The van der Waals surface area contributed by atoms with Crippen molar-refractivity contribution in [3.63, 3.8) is 0 Å². The highest BCUT2D eigenvalue weighted by Crippen LogP contribution is 2.27. The Bertz CT molecular complexity index is 1090. The highest BCUT2D eigenvalue weighted by molar-refractivity contribution is 6.04. The minimum absolute atomic E-state index is 0.0439. The maximum Gasteiger partial charge on any atom is 0.277 e. The molecule has 0 spiro atoms. The third-order valence-electron chi connectivity index (χ3n) is 6.15. The van der Waals surface area contributed by atoms with E-state index in [0.29, 0.717) is 30.3 Å². The predicted octanol–water partition coefficient (Wildman–Crippen LogP) is 2.21. The van der Waals surface area contributed by atoms with Crippen molar-refractivity contribution in [2.45, 2.75) is 32.9 Å². The summed E-state index contributed by atoms with van der Waals surface area (Å²) in [5.41, 5.74) is 0.807. The summed E-state index contributed by atoms with van der Waals surface area (Å²) in [6.07, 6.45) is -0.314.